The van der Waals surface area contributed by atoms with Crippen molar-refractivity contribution in [2.75, 3.05) is 0 Å². The number of hydrogen-bond acceptors (Lipinski definition) is 0. The van der Waals surface area contributed by atoms with Gasteiger partial charge in [-0.05, 0) is 58.2 Å². The van der Waals surface area contributed by atoms with Crippen LogP contribution in [0.15, 0.2) is 66.7 Å². The van der Waals surface area contributed by atoms with Crippen LogP contribution in [0.25, 0.3) is 22.3 Å². The van der Waals surface area contributed by atoms with Crippen molar-refractivity contribution in [3.63, 3.8) is 0 Å². The van der Waals surface area contributed by atoms with Gasteiger partial charge < -0.3 is 0 Å². The first kappa shape index (κ1) is 17.5. The Morgan fingerprint density at radius 2 is 1.20 bits per heavy atom. The van der Waals surface area contributed by atoms with E-state index in [1.165, 1.54) is 45.4 Å². The van der Waals surface area contributed by atoms with Crippen molar-refractivity contribution in [1.82, 2.24) is 0 Å². The Morgan fingerprint density at radius 1 is 0.640 bits per heavy atom. The molecular weight excluding hydrogens is 300 g/mol. The number of hydrogen-bond donors (Lipinski definition) is 0. The molecule has 0 spiro atoms. The van der Waals surface area contributed by atoms with Gasteiger partial charge in [-0.25, -0.2) is 0 Å². The highest BCUT2D eigenvalue weighted by atomic mass is 14.2. The molecule has 0 heterocycles. The summed E-state index contributed by atoms with van der Waals surface area (Å²) < 4.78 is 0. The Kier molecular flexibility index (Phi) is 5.71. The Hall–Kier alpha value is -2.34. The van der Waals surface area contributed by atoms with E-state index in [1.807, 2.05) is 0 Å². The van der Waals surface area contributed by atoms with Crippen molar-refractivity contribution in [2.45, 2.75) is 46.5 Å². The van der Waals surface area contributed by atoms with Crippen LogP contribution in [0.3, 0.4) is 0 Å². The lowest BCUT2D eigenvalue weighted by atomic mass is 9.82. The monoisotopic (exact) mass is 328 g/mol. The molecule has 0 saturated heterocycles. The molecule has 128 valence electrons. The third kappa shape index (κ3) is 3.54. The molecule has 0 bridgehead atoms. The molecule has 0 radical (unpaired) electrons. The van der Waals surface area contributed by atoms with Gasteiger partial charge in [-0.3, -0.25) is 0 Å². The zero-order chi connectivity index (χ0) is 17.6. The number of aryl methyl sites for hydroxylation is 1. The standard InChI is InChI=1S/C25H28/c1-4-13-21-18-24(19-14-9-7-10-15-19)23(6-3)25(22(21)5-2)20-16-11-8-12-17-20/h7-12,14-18H,4-6,13H2,1-3H3. The zero-order valence-corrected chi connectivity index (χ0v) is 15.7. The maximum Gasteiger partial charge on any atom is -0.0111 e. The van der Waals surface area contributed by atoms with Crippen LogP contribution in [0, 0.1) is 0 Å². The normalized spacial score (nSPS) is 10.8. The van der Waals surface area contributed by atoms with E-state index in [9.17, 15) is 0 Å². The fourth-order valence-corrected chi connectivity index (χ4v) is 3.92. The third-order valence-corrected chi connectivity index (χ3v) is 5.01. The summed E-state index contributed by atoms with van der Waals surface area (Å²) in [7, 11) is 0. The van der Waals surface area contributed by atoms with Crippen molar-refractivity contribution in [1.29, 1.82) is 0 Å². The van der Waals surface area contributed by atoms with E-state index >= 15 is 0 Å². The minimum atomic E-state index is 1.05. The minimum Gasteiger partial charge on any atom is -0.0651 e. The van der Waals surface area contributed by atoms with E-state index in [2.05, 4.69) is 87.5 Å². The van der Waals surface area contributed by atoms with Crippen LogP contribution in [-0.4, -0.2) is 0 Å². The Morgan fingerprint density at radius 3 is 1.72 bits per heavy atom. The molecule has 3 aromatic rings. The van der Waals surface area contributed by atoms with Gasteiger partial charge in [-0.1, -0.05) is 93.9 Å². The molecule has 0 aliphatic carbocycles. The van der Waals surface area contributed by atoms with Crippen LogP contribution >= 0.6 is 0 Å². The second-order valence-corrected chi connectivity index (χ2v) is 6.60. The van der Waals surface area contributed by atoms with E-state index in [-0.39, 0.29) is 0 Å². The molecule has 0 fully saturated rings. The highest BCUT2D eigenvalue weighted by Crippen LogP contribution is 2.38. The second kappa shape index (κ2) is 8.16. The number of rotatable bonds is 6. The summed E-state index contributed by atoms with van der Waals surface area (Å²) >= 11 is 0. The molecule has 3 rings (SSSR count). The van der Waals surface area contributed by atoms with Crippen LogP contribution < -0.4 is 0 Å². The van der Waals surface area contributed by atoms with Crippen molar-refractivity contribution < 1.29 is 0 Å². The Balaban J connectivity index is 2.35. The predicted octanol–water partition coefficient (Wildman–Crippen LogP) is 7.10. The summed E-state index contributed by atoms with van der Waals surface area (Å²) in [5.74, 6) is 0. The van der Waals surface area contributed by atoms with Crippen molar-refractivity contribution >= 4 is 0 Å². The predicted molar refractivity (Wildman–Crippen MR) is 110 cm³/mol. The van der Waals surface area contributed by atoms with Gasteiger partial charge in [0, 0.05) is 0 Å². The summed E-state index contributed by atoms with van der Waals surface area (Å²) in [5.41, 5.74) is 10.1. The quantitative estimate of drug-likeness (QED) is 0.453. The molecule has 0 atom stereocenters. The molecule has 0 N–H and O–H groups in total. The first-order valence-electron chi connectivity index (χ1n) is 9.58. The van der Waals surface area contributed by atoms with Gasteiger partial charge in [0.05, 0.1) is 0 Å². The smallest absolute Gasteiger partial charge is 0.0111 e. The molecule has 0 heteroatoms. The lowest BCUT2D eigenvalue weighted by Gasteiger charge is -2.22. The third-order valence-electron chi connectivity index (χ3n) is 5.01. The zero-order valence-electron chi connectivity index (χ0n) is 15.7. The largest absolute Gasteiger partial charge is 0.0651 e. The fourth-order valence-electron chi connectivity index (χ4n) is 3.92. The molecule has 0 amide bonds. The first-order valence-corrected chi connectivity index (χ1v) is 9.58. The lowest BCUT2D eigenvalue weighted by molar-refractivity contribution is 0.897. The molecule has 0 nitrogen and oxygen atoms in total. The molecule has 3 aromatic carbocycles. The van der Waals surface area contributed by atoms with Crippen molar-refractivity contribution in [2.24, 2.45) is 0 Å². The van der Waals surface area contributed by atoms with Gasteiger partial charge in [0.25, 0.3) is 0 Å². The van der Waals surface area contributed by atoms with Crippen LogP contribution in [0.4, 0.5) is 0 Å². The van der Waals surface area contributed by atoms with Crippen LogP contribution in [-0.2, 0) is 19.3 Å². The summed E-state index contributed by atoms with van der Waals surface area (Å²) in [6.45, 7) is 6.85. The van der Waals surface area contributed by atoms with E-state index < -0.39 is 0 Å². The second-order valence-electron chi connectivity index (χ2n) is 6.60. The highest BCUT2D eigenvalue weighted by Gasteiger charge is 2.17. The Bertz CT molecular complexity index is 814. The van der Waals surface area contributed by atoms with Gasteiger partial charge in [0.2, 0.25) is 0 Å². The molecular formula is C25H28. The minimum absolute atomic E-state index is 1.05. The summed E-state index contributed by atoms with van der Waals surface area (Å²) in [5, 5.41) is 0. The lowest BCUT2D eigenvalue weighted by Crippen LogP contribution is -2.03. The van der Waals surface area contributed by atoms with Gasteiger partial charge in [0.1, 0.15) is 0 Å². The van der Waals surface area contributed by atoms with Crippen molar-refractivity contribution in [3.05, 3.63) is 83.4 Å². The van der Waals surface area contributed by atoms with E-state index in [1.54, 1.807) is 0 Å². The Labute approximate surface area is 152 Å². The van der Waals surface area contributed by atoms with Gasteiger partial charge in [-0.15, -0.1) is 0 Å². The van der Waals surface area contributed by atoms with Crippen molar-refractivity contribution in [3.8, 4) is 22.3 Å². The summed E-state index contributed by atoms with van der Waals surface area (Å²) in [6.07, 6.45) is 4.46. The van der Waals surface area contributed by atoms with Gasteiger partial charge in [-0.2, -0.15) is 0 Å². The van der Waals surface area contributed by atoms with E-state index in [0.29, 0.717) is 0 Å². The first-order chi connectivity index (χ1) is 12.3. The highest BCUT2D eigenvalue weighted by molar-refractivity contribution is 5.82. The van der Waals surface area contributed by atoms with Crippen LogP contribution in [0.1, 0.15) is 43.9 Å². The van der Waals surface area contributed by atoms with Crippen LogP contribution in [0.2, 0.25) is 0 Å². The molecule has 0 unspecified atom stereocenters. The molecule has 0 saturated carbocycles. The van der Waals surface area contributed by atoms with Gasteiger partial charge in [0.15, 0.2) is 0 Å². The van der Waals surface area contributed by atoms with E-state index in [4.69, 9.17) is 0 Å². The topological polar surface area (TPSA) is 0 Å². The van der Waals surface area contributed by atoms with E-state index in [0.717, 1.165) is 19.3 Å². The molecule has 0 aliphatic rings. The summed E-state index contributed by atoms with van der Waals surface area (Å²) in [6, 6.07) is 24.3. The average Bonchev–Trinajstić information content (AvgIpc) is 2.68. The summed E-state index contributed by atoms with van der Waals surface area (Å²) in [4.78, 5) is 0. The SMILES string of the molecule is CCCc1cc(-c2ccccc2)c(CC)c(-c2ccccc2)c1CC. The molecule has 0 aliphatic heterocycles. The molecule has 25 heavy (non-hydrogen) atoms. The fraction of sp³-hybridized carbons (Fsp3) is 0.280. The average molecular weight is 328 g/mol. The number of benzene rings is 3. The van der Waals surface area contributed by atoms with Gasteiger partial charge >= 0.3 is 0 Å². The maximum atomic E-state index is 2.46. The van der Waals surface area contributed by atoms with Crippen LogP contribution in [0.5, 0.6) is 0 Å². The molecule has 0 aromatic heterocycles. The maximum absolute atomic E-state index is 2.46.